The molecule has 0 unspecified atom stereocenters. The smallest absolute Gasteiger partial charge is 0.267 e. The summed E-state index contributed by atoms with van der Waals surface area (Å²) in [7, 11) is 0. The number of hydrogen-bond donors (Lipinski definition) is 0. The molecule has 0 atom stereocenters. The van der Waals surface area contributed by atoms with E-state index in [1.165, 1.54) is 23.1 Å². The maximum absolute atomic E-state index is 13.0. The molecule has 4 rings (SSSR count). The van der Waals surface area contributed by atoms with Crippen molar-refractivity contribution in [2.45, 2.75) is 12.1 Å². The molecule has 0 saturated carbocycles. The van der Waals surface area contributed by atoms with Gasteiger partial charge in [0.15, 0.2) is 5.16 Å². The minimum absolute atomic E-state index is 0.0326. The van der Waals surface area contributed by atoms with Crippen LogP contribution < -0.4 is 10.3 Å². The van der Waals surface area contributed by atoms with Crippen molar-refractivity contribution in [3.8, 4) is 11.4 Å². The van der Waals surface area contributed by atoms with Gasteiger partial charge in [-0.15, -0.1) is 11.3 Å². The molecule has 0 N–H and O–H groups in total. The molecule has 4 aromatic rings. The predicted molar refractivity (Wildman–Crippen MR) is 113 cm³/mol. The Morgan fingerprint density at radius 3 is 2.67 bits per heavy atom. The van der Waals surface area contributed by atoms with Gasteiger partial charge in [-0.3, -0.25) is 9.36 Å². The number of thiophene rings is 1. The summed E-state index contributed by atoms with van der Waals surface area (Å²) in [6, 6.07) is 19.4. The molecular formula is C21H18N2O2S2. The lowest BCUT2D eigenvalue weighted by atomic mass is 10.2. The Hall–Kier alpha value is -2.57. The van der Waals surface area contributed by atoms with E-state index in [1.54, 1.807) is 4.57 Å². The fourth-order valence-corrected chi connectivity index (χ4v) is 4.43. The molecule has 0 saturated heterocycles. The molecule has 0 aliphatic carbocycles. The van der Waals surface area contributed by atoms with Gasteiger partial charge in [0.25, 0.3) is 5.56 Å². The lowest BCUT2D eigenvalue weighted by molar-refractivity contribution is 0.341. The number of aryl methyl sites for hydroxylation is 1. The molecule has 2 aromatic heterocycles. The quantitative estimate of drug-likeness (QED) is 0.264. The number of thioether (sulfide) groups is 1. The highest BCUT2D eigenvalue weighted by Gasteiger charge is 2.14. The van der Waals surface area contributed by atoms with Crippen LogP contribution in [0.15, 0.2) is 76.0 Å². The Balaban J connectivity index is 1.59. The first-order valence-electron chi connectivity index (χ1n) is 8.61. The number of ether oxygens (including phenoxy) is 1. The SMILES string of the molecule is Cc1ccccc1OCCSc1nc2sccc2c(=O)n1-c1ccccc1. The van der Waals surface area contributed by atoms with E-state index in [-0.39, 0.29) is 5.56 Å². The van der Waals surface area contributed by atoms with E-state index < -0.39 is 0 Å². The number of aromatic nitrogens is 2. The van der Waals surface area contributed by atoms with Crippen LogP contribution in [0.3, 0.4) is 0 Å². The topological polar surface area (TPSA) is 44.1 Å². The average Bonchev–Trinajstić information content (AvgIpc) is 3.16. The molecule has 0 aliphatic rings. The normalized spacial score (nSPS) is 11.0. The van der Waals surface area contributed by atoms with E-state index in [2.05, 4.69) is 0 Å². The first-order valence-corrected chi connectivity index (χ1v) is 10.5. The maximum atomic E-state index is 13.0. The number of benzene rings is 2. The highest BCUT2D eigenvalue weighted by Crippen LogP contribution is 2.24. The van der Waals surface area contributed by atoms with Gasteiger partial charge in [0.2, 0.25) is 0 Å². The molecule has 2 heterocycles. The van der Waals surface area contributed by atoms with Gasteiger partial charge in [-0.1, -0.05) is 48.2 Å². The van der Waals surface area contributed by atoms with E-state index in [0.29, 0.717) is 22.9 Å². The Kier molecular flexibility index (Phi) is 5.27. The average molecular weight is 395 g/mol. The van der Waals surface area contributed by atoms with Crippen molar-refractivity contribution >= 4 is 33.3 Å². The summed E-state index contributed by atoms with van der Waals surface area (Å²) in [5.74, 6) is 1.59. The van der Waals surface area contributed by atoms with E-state index in [4.69, 9.17) is 9.72 Å². The van der Waals surface area contributed by atoms with E-state index in [1.807, 2.05) is 73.0 Å². The van der Waals surface area contributed by atoms with Crippen molar-refractivity contribution in [3.05, 3.63) is 82.0 Å². The standard InChI is InChI=1S/C21H18N2O2S2/c1-15-7-5-6-10-18(15)25-12-14-27-21-22-19-17(11-13-26-19)20(24)23(21)16-8-3-2-4-9-16/h2-11,13H,12,14H2,1H3. The van der Waals surface area contributed by atoms with Crippen molar-refractivity contribution in [1.29, 1.82) is 0 Å². The molecule has 6 heteroatoms. The second kappa shape index (κ2) is 7.98. The molecule has 0 fully saturated rings. The molecular weight excluding hydrogens is 376 g/mol. The molecule has 27 heavy (non-hydrogen) atoms. The number of fused-ring (bicyclic) bond motifs is 1. The summed E-state index contributed by atoms with van der Waals surface area (Å²) in [4.78, 5) is 18.5. The van der Waals surface area contributed by atoms with Gasteiger partial charge in [0, 0.05) is 5.75 Å². The number of para-hydroxylation sites is 2. The van der Waals surface area contributed by atoms with Crippen LogP contribution in [0, 0.1) is 6.92 Å². The Morgan fingerprint density at radius 2 is 1.85 bits per heavy atom. The van der Waals surface area contributed by atoms with Crippen molar-refractivity contribution < 1.29 is 4.74 Å². The molecule has 0 radical (unpaired) electrons. The van der Waals surface area contributed by atoms with Gasteiger partial charge in [-0.05, 0) is 42.1 Å². The van der Waals surface area contributed by atoms with Crippen LogP contribution in [0.5, 0.6) is 5.75 Å². The molecule has 0 spiro atoms. The highest BCUT2D eigenvalue weighted by atomic mass is 32.2. The van der Waals surface area contributed by atoms with E-state index >= 15 is 0 Å². The van der Waals surface area contributed by atoms with Crippen molar-refractivity contribution in [2.75, 3.05) is 12.4 Å². The highest BCUT2D eigenvalue weighted by molar-refractivity contribution is 7.99. The predicted octanol–water partition coefficient (Wildman–Crippen LogP) is 4.93. The molecule has 4 nitrogen and oxygen atoms in total. The molecule has 136 valence electrons. The minimum atomic E-state index is -0.0326. The third kappa shape index (κ3) is 3.77. The summed E-state index contributed by atoms with van der Waals surface area (Å²) in [6.07, 6.45) is 0. The van der Waals surface area contributed by atoms with Gasteiger partial charge in [-0.25, -0.2) is 4.98 Å². The lowest BCUT2D eigenvalue weighted by Gasteiger charge is -2.12. The first kappa shape index (κ1) is 17.8. The molecule has 0 amide bonds. The third-order valence-corrected chi connectivity index (χ3v) is 5.86. The van der Waals surface area contributed by atoms with Gasteiger partial charge < -0.3 is 4.74 Å². The van der Waals surface area contributed by atoms with Gasteiger partial charge in [0.05, 0.1) is 17.7 Å². The van der Waals surface area contributed by atoms with Crippen LogP contribution in [0.25, 0.3) is 15.9 Å². The molecule has 0 bridgehead atoms. The first-order chi connectivity index (χ1) is 13.2. The molecule has 0 aliphatic heterocycles. The minimum Gasteiger partial charge on any atom is -0.492 e. The van der Waals surface area contributed by atoms with Crippen LogP contribution in [0.2, 0.25) is 0 Å². The zero-order chi connectivity index (χ0) is 18.6. The van der Waals surface area contributed by atoms with Gasteiger partial charge >= 0.3 is 0 Å². The number of rotatable bonds is 6. The summed E-state index contributed by atoms with van der Waals surface area (Å²) in [6.45, 7) is 2.57. The molecule has 2 aromatic carbocycles. The van der Waals surface area contributed by atoms with Gasteiger partial charge in [0.1, 0.15) is 10.6 Å². The summed E-state index contributed by atoms with van der Waals surface area (Å²) in [5.41, 5.74) is 1.90. The summed E-state index contributed by atoms with van der Waals surface area (Å²) < 4.78 is 7.56. The summed E-state index contributed by atoms with van der Waals surface area (Å²) >= 11 is 3.02. The Morgan fingerprint density at radius 1 is 1.07 bits per heavy atom. The summed E-state index contributed by atoms with van der Waals surface area (Å²) in [5, 5.41) is 3.25. The Labute approximate surface area is 165 Å². The third-order valence-electron chi connectivity index (χ3n) is 4.15. The van der Waals surface area contributed by atoms with Crippen LogP contribution in [-0.2, 0) is 0 Å². The monoisotopic (exact) mass is 394 g/mol. The fraction of sp³-hybridized carbons (Fsp3) is 0.143. The fourth-order valence-electron chi connectivity index (χ4n) is 2.80. The van der Waals surface area contributed by atoms with Crippen LogP contribution in [-0.4, -0.2) is 21.9 Å². The van der Waals surface area contributed by atoms with Crippen LogP contribution >= 0.6 is 23.1 Å². The van der Waals surface area contributed by atoms with E-state index in [0.717, 1.165) is 21.8 Å². The van der Waals surface area contributed by atoms with Gasteiger partial charge in [-0.2, -0.15) is 0 Å². The second-order valence-electron chi connectivity index (χ2n) is 5.97. The second-order valence-corrected chi connectivity index (χ2v) is 7.93. The van der Waals surface area contributed by atoms with Crippen molar-refractivity contribution in [2.24, 2.45) is 0 Å². The number of nitrogens with zero attached hydrogens (tertiary/aromatic N) is 2. The van der Waals surface area contributed by atoms with Crippen molar-refractivity contribution in [3.63, 3.8) is 0 Å². The number of hydrogen-bond acceptors (Lipinski definition) is 5. The Bertz CT molecular complexity index is 1120. The zero-order valence-electron chi connectivity index (χ0n) is 14.8. The van der Waals surface area contributed by atoms with Crippen LogP contribution in [0.1, 0.15) is 5.56 Å². The van der Waals surface area contributed by atoms with Crippen molar-refractivity contribution in [1.82, 2.24) is 9.55 Å². The largest absolute Gasteiger partial charge is 0.492 e. The van der Waals surface area contributed by atoms with Crippen LogP contribution in [0.4, 0.5) is 0 Å². The zero-order valence-corrected chi connectivity index (χ0v) is 16.4. The van der Waals surface area contributed by atoms with E-state index in [9.17, 15) is 4.79 Å². The lowest BCUT2D eigenvalue weighted by Crippen LogP contribution is -2.21. The maximum Gasteiger partial charge on any atom is 0.267 e.